The Balaban J connectivity index is 1.64. The first-order chi connectivity index (χ1) is 13.0. The summed E-state index contributed by atoms with van der Waals surface area (Å²) < 4.78 is 36.1. The summed E-state index contributed by atoms with van der Waals surface area (Å²) in [4.78, 5) is 14.5. The second-order valence-corrected chi connectivity index (χ2v) is 8.45. The largest absolute Gasteiger partial charge is 0.493 e. The van der Waals surface area contributed by atoms with Crippen molar-refractivity contribution >= 4 is 15.7 Å². The van der Waals surface area contributed by atoms with E-state index in [1.165, 1.54) is 7.11 Å². The molecule has 1 aliphatic heterocycles. The molecule has 2 aromatic carbocycles. The molecule has 0 N–H and O–H groups in total. The van der Waals surface area contributed by atoms with Crippen molar-refractivity contribution in [1.29, 1.82) is 0 Å². The van der Waals surface area contributed by atoms with Crippen molar-refractivity contribution in [3.63, 3.8) is 0 Å². The highest BCUT2D eigenvalue weighted by Gasteiger charge is 2.33. The molecule has 1 amide bonds. The quantitative estimate of drug-likeness (QED) is 0.728. The van der Waals surface area contributed by atoms with Crippen molar-refractivity contribution < 1.29 is 22.7 Å². The number of likely N-dealkylation sites (tertiary alicyclic amines) is 1. The molecule has 0 radical (unpaired) electrons. The SMILES string of the molecule is COc1ccccc1OCC(=O)N1CCCC1CS(=O)(=O)c1ccccc1. The van der Waals surface area contributed by atoms with Crippen LogP contribution in [0.3, 0.4) is 0 Å². The molecule has 3 rings (SSSR count). The minimum absolute atomic E-state index is 0.0720. The number of methoxy groups -OCH3 is 1. The van der Waals surface area contributed by atoms with Gasteiger partial charge in [-0.05, 0) is 37.1 Å². The van der Waals surface area contributed by atoms with Gasteiger partial charge in [0.1, 0.15) is 0 Å². The van der Waals surface area contributed by atoms with Crippen LogP contribution in [-0.4, -0.2) is 51.3 Å². The molecule has 0 aromatic heterocycles. The van der Waals surface area contributed by atoms with Gasteiger partial charge in [-0.1, -0.05) is 30.3 Å². The summed E-state index contributed by atoms with van der Waals surface area (Å²) in [5.41, 5.74) is 0. The van der Waals surface area contributed by atoms with Gasteiger partial charge in [-0.2, -0.15) is 0 Å². The van der Waals surface area contributed by atoms with Gasteiger partial charge >= 0.3 is 0 Å². The van der Waals surface area contributed by atoms with Crippen LogP contribution in [0.15, 0.2) is 59.5 Å². The van der Waals surface area contributed by atoms with Crippen LogP contribution in [0.25, 0.3) is 0 Å². The Bertz CT molecular complexity index is 882. The van der Waals surface area contributed by atoms with Gasteiger partial charge in [-0.25, -0.2) is 8.42 Å². The molecule has 7 heteroatoms. The predicted molar refractivity (Wildman–Crippen MR) is 102 cm³/mol. The number of benzene rings is 2. The molecular weight excluding hydrogens is 366 g/mol. The minimum Gasteiger partial charge on any atom is -0.493 e. The van der Waals surface area contributed by atoms with Gasteiger partial charge in [-0.15, -0.1) is 0 Å². The van der Waals surface area contributed by atoms with E-state index in [-0.39, 0.29) is 29.2 Å². The van der Waals surface area contributed by atoms with Crippen molar-refractivity contribution in [3.05, 3.63) is 54.6 Å². The number of sulfone groups is 1. The first kappa shape index (κ1) is 19.2. The van der Waals surface area contributed by atoms with E-state index in [9.17, 15) is 13.2 Å². The highest BCUT2D eigenvalue weighted by Crippen LogP contribution is 2.26. The lowest BCUT2D eigenvalue weighted by Gasteiger charge is -2.25. The molecule has 0 bridgehead atoms. The third-order valence-electron chi connectivity index (χ3n) is 4.63. The molecule has 1 aliphatic rings. The lowest BCUT2D eigenvalue weighted by Crippen LogP contribution is -2.42. The summed E-state index contributed by atoms with van der Waals surface area (Å²) in [7, 11) is -1.91. The van der Waals surface area contributed by atoms with Crippen LogP contribution < -0.4 is 9.47 Å². The molecule has 1 saturated heterocycles. The lowest BCUT2D eigenvalue weighted by atomic mass is 10.2. The van der Waals surface area contributed by atoms with Gasteiger partial charge in [0, 0.05) is 12.6 Å². The van der Waals surface area contributed by atoms with E-state index in [0.717, 1.165) is 6.42 Å². The van der Waals surface area contributed by atoms with E-state index in [1.807, 2.05) is 6.07 Å². The number of hydrogen-bond acceptors (Lipinski definition) is 5. The first-order valence-corrected chi connectivity index (χ1v) is 10.5. The summed E-state index contributed by atoms with van der Waals surface area (Å²) in [6.45, 7) is 0.394. The zero-order chi connectivity index (χ0) is 19.3. The average molecular weight is 389 g/mol. The molecule has 1 heterocycles. The van der Waals surface area contributed by atoms with Gasteiger partial charge < -0.3 is 14.4 Å². The number of rotatable bonds is 7. The van der Waals surface area contributed by atoms with Crippen LogP contribution in [-0.2, 0) is 14.6 Å². The zero-order valence-corrected chi connectivity index (χ0v) is 16.0. The molecule has 0 aliphatic carbocycles. The number of amides is 1. The monoisotopic (exact) mass is 389 g/mol. The maximum absolute atomic E-state index is 12.6. The van der Waals surface area contributed by atoms with Crippen molar-refractivity contribution in [2.24, 2.45) is 0 Å². The summed E-state index contributed by atoms with van der Waals surface area (Å²) in [5.74, 6) is 0.750. The second kappa shape index (κ2) is 8.43. The number of carbonyl (C=O) groups excluding carboxylic acids is 1. The Morgan fingerprint density at radius 2 is 1.74 bits per heavy atom. The molecule has 27 heavy (non-hydrogen) atoms. The summed E-state index contributed by atoms with van der Waals surface area (Å²) in [6.07, 6.45) is 1.46. The normalized spacial score (nSPS) is 16.9. The first-order valence-electron chi connectivity index (χ1n) is 8.84. The third kappa shape index (κ3) is 4.60. The van der Waals surface area contributed by atoms with Gasteiger partial charge in [0.15, 0.2) is 27.9 Å². The van der Waals surface area contributed by atoms with Crippen LogP contribution in [0, 0.1) is 0 Å². The fourth-order valence-corrected chi connectivity index (χ4v) is 4.89. The van der Waals surface area contributed by atoms with E-state index in [2.05, 4.69) is 0 Å². The van der Waals surface area contributed by atoms with Gasteiger partial charge in [0.2, 0.25) is 0 Å². The van der Waals surface area contributed by atoms with Crippen LogP contribution in [0.2, 0.25) is 0 Å². The molecule has 144 valence electrons. The summed E-state index contributed by atoms with van der Waals surface area (Å²) in [5, 5.41) is 0. The molecule has 6 nitrogen and oxygen atoms in total. The van der Waals surface area contributed by atoms with Gasteiger partial charge in [-0.3, -0.25) is 4.79 Å². The Morgan fingerprint density at radius 1 is 1.07 bits per heavy atom. The summed E-state index contributed by atoms with van der Waals surface area (Å²) >= 11 is 0. The van der Waals surface area contributed by atoms with Crippen molar-refractivity contribution in [1.82, 2.24) is 4.90 Å². The summed E-state index contributed by atoms with van der Waals surface area (Å²) in [6, 6.07) is 15.1. The van der Waals surface area contributed by atoms with E-state index >= 15 is 0 Å². The Labute approximate surface area is 159 Å². The van der Waals surface area contributed by atoms with Crippen LogP contribution in [0.4, 0.5) is 0 Å². The molecule has 1 atom stereocenters. The number of para-hydroxylation sites is 2. The zero-order valence-electron chi connectivity index (χ0n) is 15.2. The average Bonchev–Trinajstić information content (AvgIpc) is 3.14. The number of carbonyl (C=O) groups is 1. The number of hydrogen-bond donors (Lipinski definition) is 0. The predicted octanol–water partition coefficient (Wildman–Crippen LogP) is 2.54. The van der Waals surface area contributed by atoms with E-state index < -0.39 is 9.84 Å². The molecule has 1 unspecified atom stereocenters. The molecule has 1 fully saturated rings. The molecular formula is C20H23NO5S. The fourth-order valence-electron chi connectivity index (χ4n) is 3.28. The topological polar surface area (TPSA) is 72.9 Å². The Kier molecular flexibility index (Phi) is 6.01. The van der Waals surface area contributed by atoms with E-state index in [0.29, 0.717) is 24.5 Å². The Morgan fingerprint density at radius 3 is 2.44 bits per heavy atom. The maximum atomic E-state index is 12.6. The standard InChI is InChI=1S/C20H23NO5S/c1-25-18-11-5-6-12-19(18)26-14-20(22)21-13-7-8-16(21)15-27(23,24)17-9-3-2-4-10-17/h2-6,9-12,16H,7-8,13-15H2,1H3. The van der Waals surface area contributed by atoms with Crippen LogP contribution >= 0.6 is 0 Å². The van der Waals surface area contributed by atoms with E-state index in [1.54, 1.807) is 53.4 Å². The Hall–Kier alpha value is -2.54. The lowest BCUT2D eigenvalue weighted by molar-refractivity contribution is -0.133. The molecule has 0 spiro atoms. The van der Waals surface area contributed by atoms with Gasteiger partial charge in [0.25, 0.3) is 5.91 Å². The van der Waals surface area contributed by atoms with Crippen molar-refractivity contribution in [2.75, 3.05) is 26.0 Å². The van der Waals surface area contributed by atoms with Crippen LogP contribution in [0.1, 0.15) is 12.8 Å². The molecule has 2 aromatic rings. The minimum atomic E-state index is -3.44. The third-order valence-corrected chi connectivity index (χ3v) is 6.45. The van der Waals surface area contributed by atoms with Crippen molar-refractivity contribution in [3.8, 4) is 11.5 Å². The number of ether oxygens (including phenoxy) is 2. The molecule has 0 saturated carbocycles. The second-order valence-electron chi connectivity index (χ2n) is 6.42. The van der Waals surface area contributed by atoms with Crippen LogP contribution in [0.5, 0.6) is 11.5 Å². The van der Waals surface area contributed by atoms with E-state index in [4.69, 9.17) is 9.47 Å². The van der Waals surface area contributed by atoms with Gasteiger partial charge in [0.05, 0.1) is 17.8 Å². The smallest absolute Gasteiger partial charge is 0.260 e. The highest BCUT2D eigenvalue weighted by atomic mass is 32.2. The maximum Gasteiger partial charge on any atom is 0.260 e. The fraction of sp³-hybridized carbons (Fsp3) is 0.350. The highest BCUT2D eigenvalue weighted by molar-refractivity contribution is 7.91. The number of nitrogens with zero attached hydrogens (tertiary/aromatic N) is 1. The van der Waals surface area contributed by atoms with Crippen molar-refractivity contribution in [2.45, 2.75) is 23.8 Å².